The summed E-state index contributed by atoms with van der Waals surface area (Å²) in [6.45, 7) is 9.28. The van der Waals surface area contributed by atoms with Crippen molar-refractivity contribution in [2.75, 3.05) is 39.5 Å². The van der Waals surface area contributed by atoms with Crippen LogP contribution in [0, 0.1) is 5.92 Å². The number of hydrogen-bond acceptors (Lipinski definition) is 4. The normalized spacial score (nSPS) is 36.2. The van der Waals surface area contributed by atoms with Gasteiger partial charge in [-0.3, -0.25) is 4.90 Å². The van der Waals surface area contributed by atoms with Gasteiger partial charge in [-0.05, 0) is 13.8 Å². The number of aliphatic hydroxyl groups is 1. The molecule has 2 saturated heterocycles. The summed E-state index contributed by atoms with van der Waals surface area (Å²) in [5.41, 5.74) is -0.166. The minimum Gasteiger partial charge on any atom is -0.393 e. The standard InChI is InChI=1S/C12H23NO3/c1-12(2)7-11(14)10(9-16-12)8-13-3-5-15-6-4-13/h10-11,14H,3-9H2,1-2H3/t10-,11+/m1/s1. The summed E-state index contributed by atoms with van der Waals surface area (Å²) in [4.78, 5) is 2.36. The van der Waals surface area contributed by atoms with Crippen molar-refractivity contribution in [3.8, 4) is 0 Å². The smallest absolute Gasteiger partial charge is 0.0651 e. The maximum atomic E-state index is 10.1. The van der Waals surface area contributed by atoms with Crippen LogP contribution in [0.1, 0.15) is 20.3 Å². The number of hydrogen-bond donors (Lipinski definition) is 1. The average molecular weight is 229 g/mol. The Hall–Kier alpha value is -0.160. The molecule has 94 valence electrons. The van der Waals surface area contributed by atoms with E-state index in [1.807, 2.05) is 13.8 Å². The number of morpholine rings is 1. The molecule has 0 radical (unpaired) electrons. The Morgan fingerprint density at radius 1 is 1.31 bits per heavy atom. The predicted octanol–water partition coefficient (Wildman–Crippen LogP) is 0.495. The topological polar surface area (TPSA) is 41.9 Å². The SMILES string of the molecule is CC1(C)C[C@H](O)[C@H](CN2CCOCC2)CO1. The van der Waals surface area contributed by atoms with E-state index < -0.39 is 0 Å². The molecule has 1 N–H and O–H groups in total. The van der Waals surface area contributed by atoms with Crippen LogP contribution in [0.15, 0.2) is 0 Å². The van der Waals surface area contributed by atoms with Crippen molar-refractivity contribution >= 4 is 0 Å². The van der Waals surface area contributed by atoms with Crippen molar-refractivity contribution in [3.63, 3.8) is 0 Å². The van der Waals surface area contributed by atoms with Gasteiger partial charge in [-0.15, -0.1) is 0 Å². The number of ether oxygens (including phenoxy) is 2. The lowest BCUT2D eigenvalue weighted by Gasteiger charge is -2.40. The highest BCUT2D eigenvalue weighted by Crippen LogP contribution is 2.28. The van der Waals surface area contributed by atoms with Crippen molar-refractivity contribution in [1.82, 2.24) is 4.90 Å². The summed E-state index contributed by atoms with van der Waals surface area (Å²) in [7, 11) is 0. The molecule has 0 aromatic heterocycles. The van der Waals surface area contributed by atoms with Crippen LogP contribution in [0.5, 0.6) is 0 Å². The lowest BCUT2D eigenvalue weighted by molar-refractivity contribution is -0.136. The van der Waals surface area contributed by atoms with Gasteiger partial charge in [-0.2, -0.15) is 0 Å². The number of aliphatic hydroxyl groups excluding tert-OH is 1. The van der Waals surface area contributed by atoms with Gasteiger partial charge < -0.3 is 14.6 Å². The summed E-state index contributed by atoms with van der Waals surface area (Å²) in [5.74, 6) is 0.256. The van der Waals surface area contributed by atoms with Gasteiger partial charge in [0, 0.05) is 32.0 Å². The predicted molar refractivity (Wildman–Crippen MR) is 61.4 cm³/mol. The maximum absolute atomic E-state index is 10.1. The minimum atomic E-state index is -0.230. The first-order valence-electron chi connectivity index (χ1n) is 6.19. The Kier molecular flexibility index (Phi) is 3.85. The van der Waals surface area contributed by atoms with E-state index in [0.29, 0.717) is 6.61 Å². The second-order valence-electron chi connectivity index (χ2n) is 5.52. The minimum absolute atomic E-state index is 0.166. The fourth-order valence-corrected chi connectivity index (χ4v) is 2.46. The van der Waals surface area contributed by atoms with E-state index in [1.54, 1.807) is 0 Å². The van der Waals surface area contributed by atoms with Gasteiger partial charge >= 0.3 is 0 Å². The summed E-state index contributed by atoms with van der Waals surface area (Å²) in [5, 5.41) is 10.1. The molecule has 4 heteroatoms. The summed E-state index contributed by atoms with van der Waals surface area (Å²) in [6, 6.07) is 0. The van der Waals surface area contributed by atoms with Crippen molar-refractivity contribution in [2.24, 2.45) is 5.92 Å². The molecule has 0 saturated carbocycles. The molecule has 0 amide bonds. The van der Waals surface area contributed by atoms with Gasteiger partial charge in [0.05, 0.1) is 31.5 Å². The van der Waals surface area contributed by atoms with Crippen LogP contribution in [0.4, 0.5) is 0 Å². The fraction of sp³-hybridized carbons (Fsp3) is 1.00. The zero-order valence-electron chi connectivity index (χ0n) is 10.3. The van der Waals surface area contributed by atoms with Crippen LogP contribution in [0.25, 0.3) is 0 Å². The third kappa shape index (κ3) is 3.17. The Morgan fingerprint density at radius 3 is 2.62 bits per heavy atom. The maximum Gasteiger partial charge on any atom is 0.0651 e. The van der Waals surface area contributed by atoms with Crippen LogP contribution < -0.4 is 0 Å². The Bertz CT molecular complexity index is 226. The van der Waals surface area contributed by atoms with E-state index >= 15 is 0 Å². The summed E-state index contributed by atoms with van der Waals surface area (Å²) >= 11 is 0. The van der Waals surface area contributed by atoms with Gasteiger partial charge in [0.2, 0.25) is 0 Å². The molecule has 2 heterocycles. The summed E-state index contributed by atoms with van der Waals surface area (Å²) in [6.07, 6.45) is 0.508. The molecule has 0 bridgehead atoms. The lowest BCUT2D eigenvalue weighted by atomic mass is 9.88. The second kappa shape index (κ2) is 5.00. The van der Waals surface area contributed by atoms with Crippen LogP contribution in [0.2, 0.25) is 0 Å². The molecule has 16 heavy (non-hydrogen) atoms. The van der Waals surface area contributed by atoms with Gasteiger partial charge in [0.15, 0.2) is 0 Å². The third-order valence-electron chi connectivity index (χ3n) is 3.53. The van der Waals surface area contributed by atoms with E-state index in [0.717, 1.165) is 39.3 Å². The molecule has 0 aromatic carbocycles. The zero-order chi connectivity index (χ0) is 11.6. The first kappa shape index (κ1) is 12.3. The van der Waals surface area contributed by atoms with Gasteiger partial charge in [0.25, 0.3) is 0 Å². The number of rotatable bonds is 2. The molecule has 2 atom stereocenters. The molecule has 0 spiro atoms. The molecule has 4 nitrogen and oxygen atoms in total. The Labute approximate surface area is 97.5 Å². The monoisotopic (exact) mass is 229 g/mol. The Balaban J connectivity index is 1.81. The van der Waals surface area contributed by atoms with Gasteiger partial charge in [0.1, 0.15) is 0 Å². The summed E-state index contributed by atoms with van der Waals surface area (Å²) < 4.78 is 11.1. The van der Waals surface area contributed by atoms with Crippen LogP contribution in [0.3, 0.4) is 0 Å². The molecule has 0 unspecified atom stereocenters. The van der Waals surface area contributed by atoms with E-state index in [1.165, 1.54) is 0 Å². The fourth-order valence-electron chi connectivity index (χ4n) is 2.46. The van der Waals surface area contributed by atoms with Gasteiger partial charge in [-0.1, -0.05) is 0 Å². The van der Waals surface area contributed by atoms with E-state index in [9.17, 15) is 5.11 Å². The van der Waals surface area contributed by atoms with Gasteiger partial charge in [-0.25, -0.2) is 0 Å². The van der Waals surface area contributed by atoms with E-state index in [4.69, 9.17) is 9.47 Å². The quantitative estimate of drug-likeness (QED) is 0.748. The van der Waals surface area contributed by atoms with E-state index in [-0.39, 0.29) is 17.6 Å². The lowest BCUT2D eigenvalue weighted by Crippen LogP contribution is -2.49. The highest BCUT2D eigenvalue weighted by atomic mass is 16.5. The average Bonchev–Trinajstić information content (AvgIpc) is 2.23. The van der Waals surface area contributed by atoms with Crippen LogP contribution in [-0.2, 0) is 9.47 Å². The molecule has 2 aliphatic rings. The molecule has 2 aliphatic heterocycles. The number of nitrogens with zero attached hydrogens (tertiary/aromatic N) is 1. The second-order valence-corrected chi connectivity index (χ2v) is 5.52. The molecule has 0 aliphatic carbocycles. The van der Waals surface area contributed by atoms with Crippen LogP contribution >= 0.6 is 0 Å². The van der Waals surface area contributed by atoms with Crippen molar-refractivity contribution < 1.29 is 14.6 Å². The highest BCUT2D eigenvalue weighted by Gasteiger charge is 2.35. The van der Waals surface area contributed by atoms with Crippen molar-refractivity contribution in [3.05, 3.63) is 0 Å². The molecule has 2 rings (SSSR count). The molecule has 0 aromatic rings. The molecular weight excluding hydrogens is 206 g/mol. The molecule has 2 fully saturated rings. The first-order chi connectivity index (χ1) is 7.57. The zero-order valence-corrected chi connectivity index (χ0v) is 10.3. The van der Waals surface area contributed by atoms with Crippen molar-refractivity contribution in [2.45, 2.75) is 32.0 Å². The van der Waals surface area contributed by atoms with Crippen molar-refractivity contribution in [1.29, 1.82) is 0 Å². The van der Waals surface area contributed by atoms with Crippen LogP contribution in [-0.4, -0.2) is 61.2 Å². The first-order valence-corrected chi connectivity index (χ1v) is 6.19. The molecular formula is C12H23NO3. The van der Waals surface area contributed by atoms with E-state index in [2.05, 4.69) is 4.90 Å². The third-order valence-corrected chi connectivity index (χ3v) is 3.53. The highest BCUT2D eigenvalue weighted by molar-refractivity contribution is 4.85. The largest absolute Gasteiger partial charge is 0.393 e. The Morgan fingerprint density at radius 2 is 2.00 bits per heavy atom.